The van der Waals surface area contributed by atoms with Gasteiger partial charge in [0.05, 0.1) is 0 Å². The van der Waals surface area contributed by atoms with Gasteiger partial charge in [0.15, 0.2) is 5.78 Å². The number of rotatable bonds is 4. The summed E-state index contributed by atoms with van der Waals surface area (Å²) >= 11 is 0. The third-order valence-electron chi connectivity index (χ3n) is 5.92. The standard InChI is InChI=1S/C23H26O/c1-13-5-11-19(17-7-8-17)15(3)21(13)23(24)22-14(2)6-12-20(16(22)4)18-9-10-18/h5-6,11-12,17-18H,7-10H2,1-4H3. The van der Waals surface area contributed by atoms with Gasteiger partial charge in [-0.25, -0.2) is 0 Å². The molecule has 2 fully saturated rings. The van der Waals surface area contributed by atoms with Crippen molar-refractivity contribution in [2.75, 3.05) is 0 Å². The van der Waals surface area contributed by atoms with Crippen LogP contribution in [0.5, 0.6) is 0 Å². The lowest BCUT2D eigenvalue weighted by atomic mass is 9.85. The number of benzene rings is 2. The van der Waals surface area contributed by atoms with Gasteiger partial charge in [-0.3, -0.25) is 4.79 Å². The minimum Gasteiger partial charge on any atom is -0.289 e. The van der Waals surface area contributed by atoms with E-state index in [4.69, 9.17) is 0 Å². The molecule has 2 aromatic rings. The highest BCUT2D eigenvalue weighted by atomic mass is 16.1. The maximum Gasteiger partial charge on any atom is 0.194 e. The number of aryl methyl sites for hydroxylation is 2. The maximum absolute atomic E-state index is 13.5. The van der Waals surface area contributed by atoms with E-state index in [-0.39, 0.29) is 5.78 Å². The summed E-state index contributed by atoms with van der Waals surface area (Å²) in [7, 11) is 0. The van der Waals surface area contributed by atoms with Gasteiger partial charge in [-0.1, -0.05) is 24.3 Å². The lowest BCUT2D eigenvalue weighted by Crippen LogP contribution is -2.12. The Labute approximate surface area is 145 Å². The van der Waals surface area contributed by atoms with Crippen molar-refractivity contribution in [3.05, 3.63) is 68.8 Å². The van der Waals surface area contributed by atoms with E-state index in [2.05, 4.69) is 52.0 Å². The molecule has 0 radical (unpaired) electrons. The topological polar surface area (TPSA) is 17.1 Å². The normalized spacial score (nSPS) is 17.2. The van der Waals surface area contributed by atoms with E-state index in [0.717, 1.165) is 22.3 Å². The second-order valence-electron chi connectivity index (χ2n) is 7.82. The molecule has 124 valence electrons. The molecule has 0 atom stereocenters. The fourth-order valence-corrected chi connectivity index (χ4v) is 4.22. The van der Waals surface area contributed by atoms with Crippen molar-refractivity contribution in [1.29, 1.82) is 0 Å². The van der Waals surface area contributed by atoms with E-state index in [1.807, 2.05) is 0 Å². The van der Waals surface area contributed by atoms with Crippen LogP contribution in [0.3, 0.4) is 0 Å². The number of carbonyl (C=O) groups is 1. The molecule has 0 N–H and O–H groups in total. The van der Waals surface area contributed by atoms with Crippen LogP contribution in [0.15, 0.2) is 24.3 Å². The van der Waals surface area contributed by atoms with Gasteiger partial charge in [0.25, 0.3) is 0 Å². The molecule has 0 heterocycles. The molecule has 0 aromatic heterocycles. The van der Waals surface area contributed by atoms with Crippen LogP contribution in [0.4, 0.5) is 0 Å². The average Bonchev–Trinajstić information content (AvgIpc) is 3.40. The first kappa shape index (κ1) is 15.6. The summed E-state index contributed by atoms with van der Waals surface area (Å²) in [4.78, 5) is 13.5. The Morgan fingerprint density at radius 2 is 1.08 bits per heavy atom. The molecular formula is C23H26O. The molecule has 1 nitrogen and oxygen atoms in total. The summed E-state index contributed by atoms with van der Waals surface area (Å²) in [5, 5.41) is 0. The highest BCUT2D eigenvalue weighted by molar-refractivity contribution is 6.13. The third-order valence-corrected chi connectivity index (χ3v) is 5.92. The highest BCUT2D eigenvalue weighted by Crippen LogP contribution is 2.44. The van der Waals surface area contributed by atoms with E-state index >= 15 is 0 Å². The van der Waals surface area contributed by atoms with Crippen LogP contribution in [0, 0.1) is 27.7 Å². The Kier molecular flexibility index (Phi) is 3.63. The molecule has 2 aliphatic carbocycles. The maximum atomic E-state index is 13.5. The smallest absolute Gasteiger partial charge is 0.194 e. The van der Waals surface area contributed by atoms with Crippen LogP contribution < -0.4 is 0 Å². The summed E-state index contributed by atoms with van der Waals surface area (Å²) in [5.74, 6) is 1.58. The zero-order chi connectivity index (χ0) is 17.0. The highest BCUT2D eigenvalue weighted by Gasteiger charge is 2.30. The molecule has 0 saturated heterocycles. The van der Waals surface area contributed by atoms with Gasteiger partial charge in [-0.15, -0.1) is 0 Å². The molecule has 0 spiro atoms. The minimum atomic E-state index is 0.227. The van der Waals surface area contributed by atoms with E-state index in [1.54, 1.807) is 0 Å². The van der Waals surface area contributed by atoms with E-state index in [0.29, 0.717) is 11.8 Å². The Balaban J connectivity index is 1.85. The van der Waals surface area contributed by atoms with Crippen LogP contribution in [0.1, 0.15) is 86.8 Å². The molecule has 2 saturated carbocycles. The molecule has 4 rings (SSSR count). The van der Waals surface area contributed by atoms with E-state index < -0.39 is 0 Å². The first-order valence-corrected chi connectivity index (χ1v) is 9.24. The van der Waals surface area contributed by atoms with Crippen molar-refractivity contribution in [2.45, 2.75) is 65.2 Å². The molecule has 0 bridgehead atoms. The van der Waals surface area contributed by atoms with Crippen molar-refractivity contribution in [3.63, 3.8) is 0 Å². The van der Waals surface area contributed by atoms with Gasteiger partial charge in [0.2, 0.25) is 0 Å². The van der Waals surface area contributed by atoms with Crippen molar-refractivity contribution in [3.8, 4) is 0 Å². The number of ketones is 1. The fraction of sp³-hybridized carbons (Fsp3) is 0.435. The molecule has 24 heavy (non-hydrogen) atoms. The zero-order valence-electron chi connectivity index (χ0n) is 15.2. The van der Waals surface area contributed by atoms with Crippen LogP contribution >= 0.6 is 0 Å². The summed E-state index contributed by atoms with van der Waals surface area (Å²) in [5.41, 5.74) is 9.29. The van der Waals surface area contributed by atoms with Crippen molar-refractivity contribution in [2.24, 2.45) is 0 Å². The van der Waals surface area contributed by atoms with Crippen molar-refractivity contribution in [1.82, 2.24) is 0 Å². The monoisotopic (exact) mass is 318 g/mol. The number of hydrogen-bond donors (Lipinski definition) is 0. The minimum absolute atomic E-state index is 0.227. The first-order chi connectivity index (χ1) is 11.5. The molecule has 0 amide bonds. The Hall–Kier alpha value is -1.89. The van der Waals surface area contributed by atoms with Gasteiger partial charge in [0, 0.05) is 11.1 Å². The summed E-state index contributed by atoms with van der Waals surface area (Å²) < 4.78 is 0. The van der Waals surface area contributed by atoms with E-state index in [9.17, 15) is 4.79 Å². The van der Waals surface area contributed by atoms with Gasteiger partial charge >= 0.3 is 0 Å². The summed E-state index contributed by atoms with van der Waals surface area (Å²) in [6, 6.07) is 8.76. The predicted octanol–water partition coefficient (Wildman–Crippen LogP) is 5.91. The average molecular weight is 318 g/mol. The molecule has 1 heteroatoms. The number of hydrogen-bond acceptors (Lipinski definition) is 1. The molecule has 0 aliphatic heterocycles. The Bertz CT molecular complexity index is 766. The van der Waals surface area contributed by atoms with Crippen LogP contribution in [-0.4, -0.2) is 5.78 Å². The number of carbonyl (C=O) groups excluding carboxylic acids is 1. The van der Waals surface area contributed by atoms with Gasteiger partial charge in [-0.2, -0.15) is 0 Å². The molecule has 0 unspecified atom stereocenters. The van der Waals surface area contributed by atoms with Crippen molar-refractivity contribution >= 4 is 5.78 Å². The molecular weight excluding hydrogens is 292 g/mol. The lowest BCUT2D eigenvalue weighted by Gasteiger charge is -2.17. The van der Waals surface area contributed by atoms with Gasteiger partial charge < -0.3 is 0 Å². The fourth-order valence-electron chi connectivity index (χ4n) is 4.22. The second-order valence-corrected chi connectivity index (χ2v) is 7.82. The second kappa shape index (κ2) is 5.58. The van der Waals surface area contributed by atoms with Crippen molar-refractivity contribution < 1.29 is 4.79 Å². The predicted molar refractivity (Wildman–Crippen MR) is 99.2 cm³/mol. The van der Waals surface area contributed by atoms with Gasteiger partial charge in [-0.05, 0) is 98.6 Å². The zero-order valence-corrected chi connectivity index (χ0v) is 15.2. The SMILES string of the molecule is Cc1ccc(C2CC2)c(C)c1C(=O)c1c(C)ccc(C2CC2)c1C. The first-order valence-electron chi connectivity index (χ1n) is 9.24. The van der Waals surface area contributed by atoms with Crippen LogP contribution in [0.25, 0.3) is 0 Å². The van der Waals surface area contributed by atoms with Gasteiger partial charge in [0.1, 0.15) is 0 Å². The van der Waals surface area contributed by atoms with Crippen LogP contribution in [-0.2, 0) is 0 Å². The summed E-state index contributed by atoms with van der Waals surface area (Å²) in [6.45, 7) is 8.44. The van der Waals surface area contributed by atoms with E-state index in [1.165, 1.54) is 47.9 Å². The lowest BCUT2D eigenvalue weighted by molar-refractivity contribution is 0.103. The Morgan fingerprint density at radius 1 is 0.708 bits per heavy atom. The Morgan fingerprint density at radius 3 is 1.42 bits per heavy atom. The quantitative estimate of drug-likeness (QED) is 0.641. The molecule has 2 aromatic carbocycles. The van der Waals surface area contributed by atoms with Crippen LogP contribution in [0.2, 0.25) is 0 Å². The third kappa shape index (κ3) is 2.51. The molecule has 2 aliphatic rings. The largest absolute Gasteiger partial charge is 0.289 e. The summed E-state index contributed by atoms with van der Waals surface area (Å²) in [6.07, 6.45) is 5.08.